The standard InChI is InChI=1S/C17H15NO/c1-11-7-9-13(10-8-11)16-14-5-3-4-6-15(14)17(19)12(2)18-16/h3-10,12H,1-2H3. The molecule has 0 spiro atoms. The Labute approximate surface area is 112 Å². The van der Waals surface area contributed by atoms with Crippen LogP contribution < -0.4 is 0 Å². The minimum Gasteiger partial charge on any atom is -0.292 e. The summed E-state index contributed by atoms with van der Waals surface area (Å²) in [5, 5.41) is 0. The molecule has 94 valence electrons. The highest BCUT2D eigenvalue weighted by Gasteiger charge is 2.26. The van der Waals surface area contributed by atoms with E-state index in [2.05, 4.69) is 36.2 Å². The highest BCUT2D eigenvalue weighted by atomic mass is 16.1. The first-order chi connectivity index (χ1) is 9.16. The Kier molecular flexibility index (Phi) is 2.79. The third-order valence-corrected chi connectivity index (χ3v) is 3.47. The van der Waals surface area contributed by atoms with Crippen molar-refractivity contribution in [2.45, 2.75) is 19.9 Å². The normalized spacial score (nSPS) is 17.9. The average Bonchev–Trinajstić information content (AvgIpc) is 2.44. The highest BCUT2D eigenvalue weighted by Crippen LogP contribution is 2.23. The van der Waals surface area contributed by atoms with Crippen molar-refractivity contribution in [2.75, 3.05) is 0 Å². The predicted octanol–water partition coefficient (Wildman–Crippen LogP) is 3.42. The number of fused-ring (bicyclic) bond motifs is 1. The lowest BCUT2D eigenvalue weighted by Crippen LogP contribution is -2.26. The van der Waals surface area contributed by atoms with Crippen LogP contribution in [0.5, 0.6) is 0 Å². The zero-order valence-corrected chi connectivity index (χ0v) is 11.1. The Morgan fingerprint density at radius 1 is 0.947 bits per heavy atom. The number of rotatable bonds is 1. The smallest absolute Gasteiger partial charge is 0.187 e. The molecule has 3 rings (SSSR count). The zero-order valence-electron chi connectivity index (χ0n) is 11.1. The summed E-state index contributed by atoms with van der Waals surface area (Å²) in [4.78, 5) is 16.7. The molecule has 0 fully saturated rings. The summed E-state index contributed by atoms with van der Waals surface area (Å²) in [5.41, 5.74) is 4.92. The first-order valence-corrected chi connectivity index (χ1v) is 6.45. The summed E-state index contributed by atoms with van der Waals surface area (Å²) in [6, 6.07) is 15.7. The first-order valence-electron chi connectivity index (χ1n) is 6.45. The van der Waals surface area contributed by atoms with E-state index in [9.17, 15) is 4.79 Å². The topological polar surface area (TPSA) is 29.4 Å². The van der Waals surface area contributed by atoms with Gasteiger partial charge in [-0.25, -0.2) is 0 Å². The molecule has 0 aromatic heterocycles. The van der Waals surface area contributed by atoms with Gasteiger partial charge in [0.15, 0.2) is 5.78 Å². The van der Waals surface area contributed by atoms with Crippen molar-refractivity contribution in [3.63, 3.8) is 0 Å². The fourth-order valence-electron chi connectivity index (χ4n) is 2.39. The molecule has 1 heterocycles. The summed E-state index contributed by atoms with van der Waals surface area (Å²) in [7, 11) is 0. The minimum absolute atomic E-state index is 0.103. The maximum atomic E-state index is 12.1. The third kappa shape index (κ3) is 1.99. The molecule has 0 saturated carbocycles. The van der Waals surface area contributed by atoms with Gasteiger partial charge in [0.2, 0.25) is 0 Å². The molecule has 1 aliphatic rings. The molecule has 19 heavy (non-hydrogen) atoms. The van der Waals surface area contributed by atoms with Gasteiger partial charge in [-0.1, -0.05) is 54.1 Å². The predicted molar refractivity (Wildman–Crippen MR) is 77.1 cm³/mol. The number of hydrogen-bond acceptors (Lipinski definition) is 2. The highest BCUT2D eigenvalue weighted by molar-refractivity contribution is 6.22. The molecular weight excluding hydrogens is 234 g/mol. The van der Waals surface area contributed by atoms with Crippen molar-refractivity contribution < 1.29 is 4.79 Å². The number of hydrogen-bond donors (Lipinski definition) is 0. The van der Waals surface area contributed by atoms with E-state index in [1.54, 1.807) is 0 Å². The van der Waals surface area contributed by atoms with Crippen molar-refractivity contribution in [1.29, 1.82) is 0 Å². The van der Waals surface area contributed by atoms with Crippen LogP contribution in [0.25, 0.3) is 0 Å². The van der Waals surface area contributed by atoms with Gasteiger partial charge in [-0.05, 0) is 13.8 Å². The fourth-order valence-corrected chi connectivity index (χ4v) is 2.39. The van der Waals surface area contributed by atoms with Gasteiger partial charge < -0.3 is 0 Å². The molecule has 1 aliphatic heterocycles. The zero-order chi connectivity index (χ0) is 13.4. The van der Waals surface area contributed by atoms with Crippen molar-refractivity contribution in [1.82, 2.24) is 0 Å². The van der Waals surface area contributed by atoms with Crippen LogP contribution in [-0.2, 0) is 0 Å². The Bertz CT molecular complexity index is 668. The summed E-state index contributed by atoms with van der Waals surface area (Å²) >= 11 is 0. The minimum atomic E-state index is -0.300. The van der Waals surface area contributed by atoms with E-state index < -0.39 is 0 Å². The number of benzene rings is 2. The Hall–Kier alpha value is -2.22. The second-order valence-corrected chi connectivity index (χ2v) is 4.93. The summed E-state index contributed by atoms with van der Waals surface area (Å²) < 4.78 is 0. The Morgan fingerprint density at radius 3 is 2.26 bits per heavy atom. The lowest BCUT2D eigenvalue weighted by Gasteiger charge is -2.20. The molecule has 2 nitrogen and oxygen atoms in total. The van der Waals surface area contributed by atoms with Gasteiger partial charge in [0.1, 0.15) is 6.04 Å². The molecule has 2 aromatic carbocycles. The number of nitrogens with zero attached hydrogens (tertiary/aromatic N) is 1. The van der Waals surface area contributed by atoms with Crippen LogP contribution in [0.15, 0.2) is 53.5 Å². The van der Waals surface area contributed by atoms with E-state index >= 15 is 0 Å². The Balaban J connectivity index is 2.18. The van der Waals surface area contributed by atoms with Crippen LogP contribution in [0.4, 0.5) is 0 Å². The lowest BCUT2D eigenvalue weighted by molar-refractivity contribution is 0.0966. The summed E-state index contributed by atoms with van der Waals surface area (Å²) in [6.07, 6.45) is 0. The van der Waals surface area contributed by atoms with Gasteiger partial charge in [0.25, 0.3) is 0 Å². The first kappa shape index (κ1) is 11.8. The number of carbonyl (C=O) groups excluding carboxylic acids is 1. The monoisotopic (exact) mass is 249 g/mol. The van der Waals surface area contributed by atoms with Gasteiger partial charge in [-0.15, -0.1) is 0 Å². The van der Waals surface area contributed by atoms with Crippen LogP contribution in [-0.4, -0.2) is 17.5 Å². The van der Waals surface area contributed by atoms with Crippen LogP contribution in [0.2, 0.25) is 0 Å². The number of aliphatic imine (C=N–C) groups is 1. The van der Waals surface area contributed by atoms with E-state index in [-0.39, 0.29) is 11.8 Å². The average molecular weight is 249 g/mol. The second-order valence-electron chi connectivity index (χ2n) is 4.93. The van der Waals surface area contributed by atoms with E-state index in [0.717, 1.165) is 22.4 Å². The van der Waals surface area contributed by atoms with Gasteiger partial charge in [0, 0.05) is 16.7 Å². The quantitative estimate of drug-likeness (QED) is 0.761. The van der Waals surface area contributed by atoms with Crippen LogP contribution in [0.3, 0.4) is 0 Å². The van der Waals surface area contributed by atoms with E-state index in [1.165, 1.54) is 5.56 Å². The van der Waals surface area contributed by atoms with Gasteiger partial charge >= 0.3 is 0 Å². The second kappa shape index (κ2) is 4.47. The van der Waals surface area contributed by atoms with Crippen molar-refractivity contribution >= 4 is 11.5 Å². The van der Waals surface area contributed by atoms with Gasteiger partial charge in [0.05, 0.1) is 5.71 Å². The fraction of sp³-hybridized carbons (Fsp3) is 0.176. The largest absolute Gasteiger partial charge is 0.292 e. The van der Waals surface area contributed by atoms with E-state index in [4.69, 9.17) is 0 Å². The summed E-state index contributed by atoms with van der Waals surface area (Å²) in [5.74, 6) is 0.103. The van der Waals surface area contributed by atoms with E-state index in [1.807, 2.05) is 31.2 Å². The molecule has 0 bridgehead atoms. The number of aryl methyl sites for hydroxylation is 1. The SMILES string of the molecule is Cc1ccc(C2=NC(C)C(=O)c3ccccc32)cc1. The molecule has 2 heteroatoms. The summed E-state index contributed by atoms with van der Waals surface area (Å²) in [6.45, 7) is 3.92. The maximum absolute atomic E-state index is 12.1. The number of ketones is 1. The lowest BCUT2D eigenvalue weighted by atomic mass is 9.90. The molecule has 0 aliphatic carbocycles. The van der Waals surface area contributed by atoms with E-state index in [0.29, 0.717) is 0 Å². The molecule has 2 aromatic rings. The molecular formula is C17H15NO. The molecule has 0 saturated heterocycles. The number of carbonyl (C=O) groups is 1. The third-order valence-electron chi connectivity index (χ3n) is 3.47. The van der Waals surface area contributed by atoms with Crippen molar-refractivity contribution in [2.24, 2.45) is 4.99 Å². The van der Waals surface area contributed by atoms with Crippen LogP contribution >= 0.6 is 0 Å². The molecule has 1 unspecified atom stereocenters. The maximum Gasteiger partial charge on any atom is 0.187 e. The van der Waals surface area contributed by atoms with Crippen LogP contribution in [0, 0.1) is 6.92 Å². The van der Waals surface area contributed by atoms with Gasteiger partial charge in [-0.3, -0.25) is 9.79 Å². The molecule has 0 amide bonds. The number of Topliss-reactive ketones (excluding diaryl/α,β-unsaturated/α-hetero) is 1. The molecule has 0 radical (unpaired) electrons. The Morgan fingerprint density at radius 2 is 1.58 bits per heavy atom. The van der Waals surface area contributed by atoms with Crippen molar-refractivity contribution in [3.8, 4) is 0 Å². The van der Waals surface area contributed by atoms with Crippen molar-refractivity contribution in [3.05, 3.63) is 70.8 Å². The molecule has 0 N–H and O–H groups in total. The van der Waals surface area contributed by atoms with Gasteiger partial charge in [-0.2, -0.15) is 0 Å². The molecule has 1 atom stereocenters. The van der Waals surface area contributed by atoms with Crippen LogP contribution in [0.1, 0.15) is 34.0 Å².